The van der Waals surface area contributed by atoms with Crippen molar-refractivity contribution in [1.82, 2.24) is 4.90 Å². The van der Waals surface area contributed by atoms with Gasteiger partial charge in [0.05, 0.1) is 11.2 Å². The van der Waals surface area contributed by atoms with Crippen LogP contribution in [0.2, 0.25) is 0 Å². The monoisotopic (exact) mass is 391 g/mol. The molecule has 4 heteroatoms. The number of carbonyl (C=O) groups is 1. The van der Waals surface area contributed by atoms with Gasteiger partial charge in [0.25, 0.3) is 0 Å². The van der Waals surface area contributed by atoms with Gasteiger partial charge in [0.1, 0.15) is 0 Å². The second-order valence-electron chi connectivity index (χ2n) is 11.9. The van der Waals surface area contributed by atoms with Crippen LogP contribution in [0.15, 0.2) is 0 Å². The van der Waals surface area contributed by atoms with Gasteiger partial charge in [0.2, 0.25) is 5.91 Å². The zero-order valence-electron chi connectivity index (χ0n) is 18.8. The SMILES string of the molecule is CCN1C(=O)CC[C@@]2(C)C1CCC1C3CCC(C(C)(C)O)[C@@]3(C)C[C@](C)(O)C12. The van der Waals surface area contributed by atoms with Crippen LogP contribution in [0, 0.1) is 34.5 Å². The molecule has 0 bridgehead atoms. The number of hydrogen-bond acceptors (Lipinski definition) is 3. The van der Waals surface area contributed by atoms with Crippen LogP contribution in [-0.4, -0.2) is 44.8 Å². The Kier molecular flexibility index (Phi) is 4.57. The Labute approximate surface area is 171 Å². The third-order valence-electron chi connectivity index (χ3n) is 9.78. The van der Waals surface area contributed by atoms with Crippen LogP contribution in [0.1, 0.15) is 86.5 Å². The molecule has 3 aliphatic carbocycles. The van der Waals surface area contributed by atoms with Crippen molar-refractivity contribution >= 4 is 5.91 Å². The number of amides is 1. The second-order valence-corrected chi connectivity index (χ2v) is 11.9. The van der Waals surface area contributed by atoms with Crippen molar-refractivity contribution < 1.29 is 15.0 Å². The summed E-state index contributed by atoms with van der Waals surface area (Å²) in [6.07, 6.45) is 6.68. The molecule has 0 spiro atoms. The highest BCUT2D eigenvalue weighted by Crippen LogP contribution is 2.69. The van der Waals surface area contributed by atoms with Crippen LogP contribution in [0.5, 0.6) is 0 Å². The molecular weight excluding hydrogens is 350 g/mol. The molecule has 2 N–H and O–H groups in total. The predicted octanol–water partition coefficient (Wildman–Crippen LogP) is 3.99. The molecule has 0 aromatic rings. The van der Waals surface area contributed by atoms with E-state index in [2.05, 4.69) is 32.6 Å². The molecule has 4 fully saturated rings. The van der Waals surface area contributed by atoms with Gasteiger partial charge < -0.3 is 15.1 Å². The first-order chi connectivity index (χ1) is 12.9. The summed E-state index contributed by atoms with van der Waals surface area (Å²) in [5.41, 5.74) is -1.48. The molecule has 160 valence electrons. The number of aliphatic hydroxyl groups is 2. The average molecular weight is 392 g/mol. The zero-order valence-corrected chi connectivity index (χ0v) is 18.8. The lowest BCUT2D eigenvalue weighted by molar-refractivity contribution is -0.225. The van der Waals surface area contributed by atoms with Crippen LogP contribution >= 0.6 is 0 Å². The van der Waals surface area contributed by atoms with Crippen molar-refractivity contribution in [1.29, 1.82) is 0 Å². The third-order valence-corrected chi connectivity index (χ3v) is 9.78. The summed E-state index contributed by atoms with van der Waals surface area (Å²) in [5.74, 6) is 1.84. The van der Waals surface area contributed by atoms with Gasteiger partial charge in [-0.25, -0.2) is 0 Å². The highest BCUT2D eigenvalue weighted by molar-refractivity contribution is 5.77. The van der Waals surface area contributed by atoms with E-state index < -0.39 is 11.2 Å². The maximum Gasteiger partial charge on any atom is 0.222 e. The van der Waals surface area contributed by atoms with Gasteiger partial charge in [-0.3, -0.25) is 4.79 Å². The van der Waals surface area contributed by atoms with E-state index in [4.69, 9.17) is 0 Å². The van der Waals surface area contributed by atoms with Gasteiger partial charge in [-0.15, -0.1) is 0 Å². The summed E-state index contributed by atoms with van der Waals surface area (Å²) < 4.78 is 0. The quantitative estimate of drug-likeness (QED) is 0.748. The molecule has 1 amide bonds. The van der Waals surface area contributed by atoms with Crippen LogP contribution < -0.4 is 0 Å². The second kappa shape index (κ2) is 6.20. The lowest BCUT2D eigenvalue weighted by atomic mass is 9.42. The molecule has 0 aromatic heterocycles. The Balaban J connectivity index is 1.74. The normalized spacial score (nSPS) is 51.5. The molecule has 1 saturated heterocycles. The predicted molar refractivity (Wildman–Crippen MR) is 111 cm³/mol. The standard InChI is InChI=1S/C24H41NO3/c1-7-25-18-11-8-15-16-9-10-17(21(2,3)27)23(16,5)14-24(6,28)20(15)22(18,4)13-12-19(25)26/h15-18,20,27-28H,7-14H2,1-6H3/t15?,16?,17?,18?,20?,22-,23-,24-/m0/s1. The Morgan fingerprint density at radius 3 is 2.39 bits per heavy atom. The molecule has 4 rings (SSSR count). The molecule has 5 unspecified atom stereocenters. The van der Waals surface area contributed by atoms with E-state index in [-0.39, 0.29) is 28.7 Å². The van der Waals surface area contributed by atoms with Gasteiger partial charge in [-0.2, -0.15) is 0 Å². The van der Waals surface area contributed by atoms with Crippen molar-refractivity contribution in [3.63, 3.8) is 0 Å². The van der Waals surface area contributed by atoms with Gasteiger partial charge in [-0.05, 0) is 101 Å². The number of fused-ring (bicyclic) bond motifs is 5. The molecular formula is C24H41NO3. The maximum absolute atomic E-state index is 12.6. The molecule has 0 aromatic carbocycles. The Morgan fingerprint density at radius 1 is 1.11 bits per heavy atom. The van der Waals surface area contributed by atoms with Crippen molar-refractivity contribution in [3.05, 3.63) is 0 Å². The fraction of sp³-hybridized carbons (Fsp3) is 0.958. The third kappa shape index (κ3) is 2.66. The minimum absolute atomic E-state index is 0.00944. The molecule has 28 heavy (non-hydrogen) atoms. The fourth-order valence-electron chi connectivity index (χ4n) is 9.34. The number of likely N-dealkylation sites (tertiary alicyclic amines) is 1. The molecule has 8 atom stereocenters. The number of hydrogen-bond donors (Lipinski definition) is 2. The van der Waals surface area contributed by atoms with E-state index in [0.717, 1.165) is 38.6 Å². The first-order valence-corrected chi connectivity index (χ1v) is 11.6. The van der Waals surface area contributed by atoms with Crippen molar-refractivity contribution in [2.24, 2.45) is 34.5 Å². The van der Waals surface area contributed by atoms with Crippen LogP contribution in [-0.2, 0) is 4.79 Å². The van der Waals surface area contributed by atoms with Crippen molar-refractivity contribution in [2.75, 3.05) is 6.54 Å². The molecule has 1 heterocycles. The minimum atomic E-state index is -0.753. The molecule has 3 saturated carbocycles. The van der Waals surface area contributed by atoms with E-state index in [1.807, 2.05) is 13.8 Å². The van der Waals surface area contributed by atoms with Crippen molar-refractivity contribution in [2.45, 2.75) is 104 Å². The molecule has 4 nitrogen and oxygen atoms in total. The number of rotatable bonds is 2. The van der Waals surface area contributed by atoms with E-state index in [1.54, 1.807) is 0 Å². The summed E-state index contributed by atoms with van der Waals surface area (Å²) in [4.78, 5) is 14.7. The summed E-state index contributed by atoms with van der Waals surface area (Å²) in [5, 5.41) is 22.8. The topological polar surface area (TPSA) is 60.8 Å². The van der Waals surface area contributed by atoms with Gasteiger partial charge in [-0.1, -0.05) is 13.8 Å². The summed E-state index contributed by atoms with van der Waals surface area (Å²) >= 11 is 0. The van der Waals surface area contributed by atoms with Gasteiger partial charge >= 0.3 is 0 Å². The van der Waals surface area contributed by atoms with E-state index in [1.165, 1.54) is 6.42 Å². The number of carbonyl (C=O) groups excluding carboxylic acids is 1. The first-order valence-electron chi connectivity index (χ1n) is 11.6. The summed E-state index contributed by atoms with van der Waals surface area (Å²) in [7, 11) is 0. The van der Waals surface area contributed by atoms with E-state index >= 15 is 0 Å². The molecule has 0 radical (unpaired) electrons. The highest BCUT2D eigenvalue weighted by Gasteiger charge is 2.68. The minimum Gasteiger partial charge on any atom is -0.390 e. The number of nitrogens with zero attached hydrogens (tertiary/aromatic N) is 1. The largest absolute Gasteiger partial charge is 0.390 e. The fourth-order valence-corrected chi connectivity index (χ4v) is 9.34. The van der Waals surface area contributed by atoms with E-state index in [0.29, 0.717) is 24.2 Å². The maximum atomic E-state index is 12.6. The molecule has 1 aliphatic heterocycles. The smallest absolute Gasteiger partial charge is 0.222 e. The Morgan fingerprint density at radius 2 is 1.79 bits per heavy atom. The highest BCUT2D eigenvalue weighted by atomic mass is 16.3. The number of piperidine rings is 1. The lowest BCUT2D eigenvalue weighted by Crippen LogP contribution is -2.68. The van der Waals surface area contributed by atoms with Gasteiger partial charge in [0.15, 0.2) is 0 Å². The van der Waals surface area contributed by atoms with Crippen molar-refractivity contribution in [3.8, 4) is 0 Å². The Bertz CT molecular complexity index is 653. The summed E-state index contributed by atoms with van der Waals surface area (Å²) in [6.45, 7) is 13.5. The average Bonchev–Trinajstić information content (AvgIpc) is 2.90. The first kappa shape index (κ1) is 20.7. The molecule has 4 aliphatic rings. The van der Waals surface area contributed by atoms with Gasteiger partial charge in [0, 0.05) is 19.0 Å². The van der Waals surface area contributed by atoms with Crippen LogP contribution in [0.25, 0.3) is 0 Å². The van der Waals surface area contributed by atoms with Crippen LogP contribution in [0.4, 0.5) is 0 Å². The van der Waals surface area contributed by atoms with E-state index in [9.17, 15) is 15.0 Å². The Hall–Kier alpha value is -0.610. The lowest BCUT2D eigenvalue weighted by Gasteiger charge is -2.66. The zero-order chi connectivity index (χ0) is 20.7. The van der Waals surface area contributed by atoms with Crippen LogP contribution in [0.3, 0.4) is 0 Å². The summed E-state index contributed by atoms with van der Waals surface area (Å²) in [6, 6.07) is 0.266.